The first kappa shape index (κ1) is 15.4. The number of rotatable bonds is 4. The van der Waals surface area contributed by atoms with Gasteiger partial charge in [0.15, 0.2) is 0 Å². The van der Waals surface area contributed by atoms with Crippen molar-refractivity contribution < 1.29 is 14.3 Å². The van der Waals surface area contributed by atoms with Gasteiger partial charge in [-0.05, 0) is 46.5 Å². The van der Waals surface area contributed by atoms with Gasteiger partial charge in [0.1, 0.15) is 5.82 Å². The average molecular weight is 344 g/mol. The summed E-state index contributed by atoms with van der Waals surface area (Å²) < 4.78 is 13.5. The van der Waals surface area contributed by atoms with E-state index >= 15 is 0 Å². The molecule has 0 aromatic heterocycles. The molecule has 3 nitrogen and oxygen atoms in total. The number of benzene rings is 1. The van der Waals surface area contributed by atoms with Crippen LogP contribution < -0.4 is 5.32 Å². The predicted octanol–water partition coefficient (Wildman–Crippen LogP) is 2.80. The molecule has 1 saturated carbocycles. The van der Waals surface area contributed by atoms with E-state index in [0.29, 0.717) is 4.47 Å². The largest absolute Gasteiger partial charge is 0.396 e. The molecule has 20 heavy (non-hydrogen) atoms. The van der Waals surface area contributed by atoms with Crippen molar-refractivity contribution in [1.29, 1.82) is 0 Å². The van der Waals surface area contributed by atoms with Gasteiger partial charge in [-0.2, -0.15) is 0 Å². The second-order valence-corrected chi connectivity index (χ2v) is 6.60. The van der Waals surface area contributed by atoms with Crippen LogP contribution in [0.1, 0.15) is 31.7 Å². The molecule has 1 aromatic rings. The van der Waals surface area contributed by atoms with Crippen LogP contribution in [0.2, 0.25) is 0 Å². The van der Waals surface area contributed by atoms with Crippen molar-refractivity contribution in [3.63, 3.8) is 0 Å². The zero-order valence-corrected chi connectivity index (χ0v) is 13.0. The van der Waals surface area contributed by atoms with Crippen LogP contribution >= 0.6 is 15.9 Å². The second kappa shape index (κ2) is 6.22. The summed E-state index contributed by atoms with van der Waals surface area (Å²) in [6.07, 6.45) is 3.06. The Morgan fingerprint density at radius 3 is 3.00 bits per heavy atom. The lowest BCUT2D eigenvalue weighted by Crippen LogP contribution is -2.45. The molecule has 1 aromatic carbocycles. The van der Waals surface area contributed by atoms with E-state index < -0.39 is 0 Å². The van der Waals surface area contributed by atoms with E-state index in [0.717, 1.165) is 24.8 Å². The Labute approximate surface area is 126 Å². The number of hydrogen-bond donors (Lipinski definition) is 2. The number of aliphatic hydroxyl groups is 1. The van der Waals surface area contributed by atoms with Crippen molar-refractivity contribution in [3.05, 3.63) is 34.1 Å². The Hall–Kier alpha value is -0.940. The number of amides is 1. The third kappa shape index (κ3) is 3.38. The van der Waals surface area contributed by atoms with Crippen molar-refractivity contribution in [1.82, 2.24) is 5.32 Å². The van der Waals surface area contributed by atoms with Gasteiger partial charge in [0, 0.05) is 11.5 Å². The van der Waals surface area contributed by atoms with Gasteiger partial charge >= 0.3 is 0 Å². The van der Waals surface area contributed by atoms with Crippen LogP contribution in [0.15, 0.2) is 22.7 Å². The van der Waals surface area contributed by atoms with Gasteiger partial charge < -0.3 is 10.4 Å². The van der Waals surface area contributed by atoms with Crippen molar-refractivity contribution in [2.45, 2.75) is 38.6 Å². The summed E-state index contributed by atoms with van der Waals surface area (Å²) in [7, 11) is 0. The first-order valence-corrected chi connectivity index (χ1v) is 7.58. The van der Waals surface area contributed by atoms with Crippen molar-refractivity contribution >= 4 is 21.8 Å². The lowest BCUT2D eigenvalue weighted by molar-refractivity contribution is -0.122. The minimum atomic E-state index is -0.335. The van der Waals surface area contributed by atoms with Crippen LogP contribution in [0.25, 0.3) is 0 Å². The van der Waals surface area contributed by atoms with Gasteiger partial charge in [-0.25, -0.2) is 4.39 Å². The maximum Gasteiger partial charge on any atom is 0.224 e. The number of carbonyl (C=O) groups excluding carboxylic acids is 1. The molecule has 2 N–H and O–H groups in total. The van der Waals surface area contributed by atoms with E-state index in [-0.39, 0.29) is 36.2 Å². The Bertz CT molecular complexity index is 509. The lowest BCUT2D eigenvalue weighted by atomic mass is 9.85. The molecule has 1 amide bonds. The highest BCUT2D eigenvalue weighted by molar-refractivity contribution is 9.10. The van der Waals surface area contributed by atoms with E-state index in [1.165, 1.54) is 6.07 Å². The normalized spacial score (nSPS) is 25.7. The molecule has 2 unspecified atom stereocenters. The highest BCUT2D eigenvalue weighted by Crippen LogP contribution is 2.37. The highest BCUT2D eigenvalue weighted by Gasteiger charge is 2.38. The monoisotopic (exact) mass is 343 g/mol. The number of carbonyl (C=O) groups is 1. The molecular weight excluding hydrogens is 325 g/mol. The molecule has 2 atom stereocenters. The summed E-state index contributed by atoms with van der Waals surface area (Å²) in [5.74, 6) is -0.423. The van der Waals surface area contributed by atoms with Crippen LogP contribution in [0.4, 0.5) is 4.39 Å². The second-order valence-electron chi connectivity index (χ2n) is 5.75. The SMILES string of the molecule is CC1(CO)CCCC1NC(=O)Cc1ccc(F)c(Br)c1. The van der Waals surface area contributed by atoms with Crippen molar-refractivity contribution in [3.8, 4) is 0 Å². The Kier molecular flexibility index (Phi) is 4.81. The van der Waals surface area contributed by atoms with Crippen molar-refractivity contribution in [2.75, 3.05) is 6.61 Å². The van der Waals surface area contributed by atoms with Gasteiger partial charge in [0.2, 0.25) is 5.91 Å². The van der Waals surface area contributed by atoms with E-state index in [9.17, 15) is 14.3 Å². The maximum atomic E-state index is 13.1. The average Bonchev–Trinajstić information content (AvgIpc) is 2.76. The van der Waals surface area contributed by atoms with E-state index in [1.54, 1.807) is 12.1 Å². The molecule has 0 radical (unpaired) electrons. The number of hydrogen-bond acceptors (Lipinski definition) is 2. The summed E-state index contributed by atoms with van der Waals surface area (Å²) >= 11 is 3.11. The Balaban J connectivity index is 1.97. The van der Waals surface area contributed by atoms with Crippen molar-refractivity contribution in [2.24, 2.45) is 5.41 Å². The minimum Gasteiger partial charge on any atom is -0.396 e. The minimum absolute atomic E-state index is 0.0175. The fourth-order valence-electron chi connectivity index (χ4n) is 2.75. The molecule has 110 valence electrons. The van der Waals surface area contributed by atoms with Crippen LogP contribution in [0.5, 0.6) is 0 Å². The smallest absolute Gasteiger partial charge is 0.224 e. The van der Waals surface area contributed by atoms with E-state index in [1.807, 2.05) is 6.92 Å². The summed E-state index contributed by atoms with van der Waals surface area (Å²) in [6.45, 7) is 2.08. The fraction of sp³-hybridized carbons (Fsp3) is 0.533. The predicted molar refractivity (Wildman–Crippen MR) is 78.8 cm³/mol. The summed E-state index contributed by atoms with van der Waals surface area (Å²) in [6, 6.07) is 4.60. The van der Waals surface area contributed by atoms with E-state index in [4.69, 9.17) is 0 Å². The number of nitrogens with one attached hydrogen (secondary N) is 1. The zero-order chi connectivity index (χ0) is 14.8. The van der Waals surface area contributed by atoms with Crippen LogP contribution in [0, 0.1) is 11.2 Å². The number of halogens is 2. The molecule has 0 bridgehead atoms. The summed E-state index contributed by atoms with van der Waals surface area (Å²) in [5, 5.41) is 12.5. The first-order chi connectivity index (χ1) is 9.44. The van der Waals surface area contributed by atoms with Crippen LogP contribution in [0.3, 0.4) is 0 Å². The highest BCUT2D eigenvalue weighted by atomic mass is 79.9. The molecule has 1 fully saturated rings. The maximum absolute atomic E-state index is 13.1. The molecule has 1 aliphatic carbocycles. The summed E-state index contributed by atoms with van der Waals surface area (Å²) in [5.41, 5.74) is 0.540. The standard InChI is InChI=1S/C15H19BrFNO2/c1-15(9-19)6-2-3-13(15)18-14(20)8-10-4-5-12(17)11(16)7-10/h4-5,7,13,19H,2-3,6,8-9H2,1H3,(H,18,20). The molecule has 5 heteroatoms. The molecule has 0 spiro atoms. The van der Waals surface area contributed by atoms with Crippen LogP contribution in [-0.2, 0) is 11.2 Å². The lowest BCUT2D eigenvalue weighted by Gasteiger charge is -2.30. The molecule has 0 saturated heterocycles. The van der Waals surface area contributed by atoms with Gasteiger partial charge in [-0.3, -0.25) is 4.79 Å². The Morgan fingerprint density at radius 2 is 2.35 bits per heavy atom. The third-order valence-corrected chi connectivity index (χ3v) is 4.73. The zero-order valence-electron chi connectivity index (χ0n) is 11.5. The van der Waals surface area contributed by atoms with Gasteiger partial charge in [0.05, 0.1) is 17.5 Å². The molecule has 1 aliphatic rings. The molecule has 2 rings (SSSR count). The molecule has 0 heterocycles. The summed E-state index contributed by atoms with van der Waals surface area (Å²) in [4.78, 5) is 12.1. The quantitative estimate of drug-likeness (QED) is 0.883. The van der Waals surface area contributed by atoms with Crippen LogP contribution in [-0.4, -0.2) is 23.7 Å². The van der Waals surface area contributed by atoms with Gasteiger partial charge in [-0.1, -0.05) is 19.4 Å². The Morgan fingerprint density at radius 1 is 1.60 bits per heavy atom. The van der Waals surface area contributed by atoms with Gasteiger partial charge in [0.25, 0.3) is 0 Å². The first-order valence-electron chi connectivity index (χ1n) is 6.79. The molecule has 0 aliphatic heterocycles. The van der Waals surface area contributed by atoms with Gasteiger partial charge in [-0.15, -0.1) is 0 Å². The molecular formula is C15H19BrFNO2. The number of aliphatic hydroxyl groups excluding tert-OH is 1. The third-order valence-electron chi connectivity index (χ3n) is 4.13. The fourth-order valence-corrected chi connectivity index (χ4v) is 3.17. The topological polar surface area (TPSA) is 49.3 Å². The van der Waals surface area contributed by atoms with E-state index in [2.05, 4.69) is 21.2 Å².